The van der Waals surface area contributed by atoms with Gasteiger partial charge in [0, 0.05) is 21.8 Å². The molecule has 0 unspecified atom stereocenters. The molecule has 45 heavy (non-hydrogen) atoms. The summed E-state index contributed by atoms with van der Waals surface area (Å²) in [6.45, 7) is 3.75. The molecule has 0 bridgehead atoms. The number of nitrogens with zero attached hydrogens (tertiary/aromatic N) is 2. The smallest absolute Gasteiger partial charge is 0.338 e. The van der Waals surface area contributed by atoms with Crippen LogP contribution in [-0.2, 0) is 27.2 Å². The van der Waals surface area contributed by atoms with Crippen LogP contribution in [0.25, 0.3) is 0 Å². The quantitative estimate of drug-likeness (QED) is 0.229. The van der Waals surface area contributed by atoms with Gasteiger partial charge in [0.1, 0.15) is 11.1 Å². The van der Waals surface area contributed by atoms with Gasteiger partial charge in [-0.15, -0.1) is 11.3 Å². The van der Waals surface area contributed by atoms with Gasteiger partial charge < -0.3 is 20.7 Å². The Morgan fingerprint density at radius 3 is 2.44 bits per heavy atom. The second kappa shape index (κ2) is 14.3. The molecule has 0 radical (unpaired) electrons. The van der Waals surface area contributed by atoms with Crippen LogP contribution in [0.4, 0.5) is 10.7 Å². The van der Waals surface area contributed by atoms with Crippen LogP contribution < -0.4 is 16.0 Å². The standard InChI is InChI=1S/C34H31N5O4S2/c1-3-43-34(42)22-13-15-23(16-14-22)38-31(41)29-20(2)37-32(26(18-36)30(29)21-9-5-4-6-10-21)44-19-28(40)39-33-25(17-35)24-11-7-8-12-27(24)45-33/h4-6,9-10,13-16,30,37H,3,7-8,11-12,19H2,1-2H3,(H,38,41)(H,39,40)/t30-/m1/s1. The number of allylic oxidation sites excluding steroid dienone is 2. The lowest BCUT2D eigenvalue weighted by Gasteiger charge is -2.30. The first-order valence-corrected chi connectivity index (χ1v) is 16.4. The predicted molar refractivity (Wildman–Crippen MR) is 175 cm³/mol. The Hall–Kier alpha value is -4.84. The molecule has 0 fully saturated rings. The Balaban J connectivity index is 1.36. The number of ether oxygens (including phenoxy) is 1. The molecule has 2 heterocycles. The van der Waals surface area contributed by atoms with Crippen molar-refractivity contribution in [1.82, 2.24) is 5.32 Å². The number of anilines is 2. The van der Waals surface area contributed by atoms with E-state index in [9.17, 15) is 24.9 Å². The maximum atomic E-state index is 13.7. The number of amides is 2. The van der Waals surface area contributed by atoms with Gasteiger partial charge in [-0.05, 0) is 74.9 Å². The van der Waals surface area contributed by atoms with Gasteiger partial charge in [-0.1, -0.05) is 42.1 Å². The molecular formula is C34H31N5O4S2. The van der Waals surface area contributed by atoms with Crippen molar-refractivity contribution >= 4 is 51.6 Å². The highest BCUT2D eigenvalue weighted by Gasteiger charge is 2.35. The van der Waals surface area contributed by atoms with Crippen molar-refractivity contribution in [2.24, 2.45) is 0 Å². The summed E-state index contributed by atoms with van der Waals surface area (Å²) in [5, 5.41) is 30.2. The Kier molecular flexibility index (Phi) is 10.0. The Morgan fingerprint density at radius 2 is 1.76 bits per heavy atom. The lowest BCUT2D eigenvalue weighted by atomic mass is 9.82. The maximum Gasteiger partial charge on any atom is 0.338 e. The van der Waals surface area contributed by atoms with Crippen LogP contribution in [0.15, 0.2) is 76.5 Å². The number of hydrogen-bond acceptors (Lipinski definition) is 9. The van der Waals surface area contributed by atoms with E-state index >= 15 is 0 Å². The molecule has 0 saturated carbocycles. The summed E-state index contributed by atoms with van der Waals surface area (Å²) in [4.78, 5) is 40.0. The summed E-state index contributed by atoms with van der Waals surface area (Å²) >= 11 is 2.65. The number of carbonyl (C=O) groups excluding carboxylic acids is 3. The van der Waals surface area contributed by atoms with Crippen molar-refractivity contribution in [3.05, 3.63) is 104 Å². The third-order valence-electron chi connectivity index (χ3n) is 7.56. The monoisotopic (exact) mass is 637 g/mol. The number of nitriles is 2. The van der Waals surface area contributed by atoms with Crippen LogP contribution in [0.2, 0.25) is 0 Å². The van der Waals surface area contributed by atoms with Crippen LogP contribution in [0.1, 0.15) is 64.5 Å². The van der Waals surface area contributed by atoms with Crippen LogP contribution in [0.3, 0.4) is 0 Å². The summed E-state index contributed by atoms with van der Waals surface area (Å²) in [7, 11) is 0. The third kappa shape index (κ3) is 6.96. The van der Waals surface area contributed by atoms with Crippen LogP contribution >= 0.6 is 23.1 Å². The molecule has 2 aliphatic rings. The maximum absolute atomic E-state index is 13.7. The van der Waals surface area contributed by atoms with E-state index in [1.54, 1.807) is 38.1 Å². The fourth-order valence-corrected chi connectivity index (χ4v) is 7.63. The number of fused-ring (bicyclic) bond motifs is 1. The summed E-state index contributed by atoms with van der Waals surface area (Å²) in [6.07, 6.45) is 3.89. The number of rotatable bonds is 9. The molecule has 2 aromatic carbocycles. The summed E-state index contributed by atoms with van der Waals surface area (Å²) in [5.41, 5.74) is 4.43. The largest absolute Gasteiger partial charge is 0.462 e. The number of dihydropyridines is 1. The molecular weight excluding hydrogens is 607 g/mol. The Bertz CT molecular complexity index is 1780. The lowest BCUT2D eigenvalue weighted by molar-refractivity contribution is -0.114. The summed E-state index contributed by atoms with van der Waals surface area (Å²) in [6, 6.07) is 20.2. The normalized spacial score (nSPS) is 15.7. The highest BCUT2D eigenvalue weighted by atomic mass is 32.2. The molecule has 1 aromatic heterocycles. The van der Waals surface area contributed by atoms with E-state index in [0.29, 0.717) is 43.7 Å². The number of aryl methyl sites for hydroxylation is 1. The van der Waals surface area contributed by atoms with Gasteiger partial charge in [-0.2, -0.15) is 10.5 Å². The van der Waals surface area contributed by atoms with E-state index in [1.165, 1.54) is 23.1 Å². The minimum Gasteiger partial charge on any atom is -0.462 e. The zero-order chi connectivity index (χ0) is 31.9. The number of thioether (sulfide) groups is 1. The molecule has 0 saturated heterocycles. The molecule has 11 heteroatoms. The lowest BCUT2D eigenvalue weighted by Crippen LogP contribution is -2.31. The zero-order valence-electron chi connectivity index (χ0n) is 24.9. The van der Waals surface area contributed by atoms with Crippen LogP contribution in [0.5, 0.6) is 0 Å². The first-order valence-electron chi connectivity index (χ1n) is 14.6. The Labute approximate surface area is 270 Å². The van der Waals surface area contributed by atoms with Gasteiger partial charge in [0.15, 0.2) is 0 Å². The number of benzene rings is 2. The van der Waals surface area contributed by atoms with Crippen molar-refractivity contribution in [2.45, 2.75) is 45.4 Å². The van der Waals surface area contributed by atoms with Gasteiger partial charge in [-0.25, -0.2) is 4.79 Å². The van der Waals surface area contributed by atoms with Crippen molar-refractivity contribution in [1.29, 1.82) is 10.5 Å². The Morgan fingerprint density at radius 1 is 1.02 bits per heavy atom. The molecule has 228 valence electrons. The second-order valence-corrected chi connectivity index (χ2v) is 12.6. The first kappa shape index (κ1) is 31.6. The van der Waals surface area contributed by atoms with Crippen LogP contribution in [-0.4, -0.2) is 30.1 Å². The van der Waals surface area contributed by atoms with Gasteiger partial charge in [0.25, 0.3) is 5.91 Å². The minimum atomic E-state index is -0.684. The predicted octanol–water partition coefficient (Wildman–Crippen LogP) is 6.38. The molecule has 1 aliphatic heterocycles. The van der Waals surface area contributed by atoms with Crippen LogP contribution in [0, 0.1) is 22.7 Å². The van der Waals surface area contributed by atoms with Crippen molar-refractivity contribution < 1.29 is 19.1 Å². The average Bonchev–Trinajstić information content (AvgIpc) is 3.40. The number of hydrogen-bond donors (Lipinski definition) is 3. The zero-order valence-corrected chi connectivity index (χ0v) is 26.5. The molecule has 1 atom stereocenters. The van der Waals surface area contributed by atoms with Crippen molar-refractivity contribution in [3.63, 3.8) is 0 Å². The molecule has 3 N–H and O–H groups in total. The molecule has 2 amide bonds. The van der Waals surface area contributed by atoms with Crippen molar-refractivity contribution in [3.8, 4) is 12.1 Å². The molecule has 1 aliphatic carbocycles. The fraction of sp³-hybridized carbons (Fsp3) is 0.265. The van der Waals surface area contributed by atoms with E-state index in [-0.39, 0.29) is 18.3 Å². The van der Waals surface area contributed by atoms with E-state index in [4.69, 9.17) is 4.74 Å². The van der Waals surface area contributed by atoms with E-state index in [0.717, 1.165) is 41.7 Å². The SMILES string of the molecule is CCOC(=O)c1ccc(NC(=O)C2=C(C)NC(SCC(=O)Nc3sc4c(c3C#N)CCCC4)=C(C#N)[C@H]2c2ccccc2)cc1. The first-order chi connectivity index (χ1) is 21.8. The number of nitrogens with one attached hydrogen (secondary N) is 3. The third-order valence-corrected chi connectivity index (χ3v) is 9.79. The molecule has 9 nitrogen and oxygen atoms in total. The second-order valence-electron chi connectivity index (χ2n) is 10.5. The molecule has 5 rings (SSSR count). The van der Waals surface area contributed by atoms with E-state index in [1.807, 2.05) is 30.3 Å². The van der Waals surface area contributed by atoms with Gasteiger partial charge in [-0.3, -0.25) is 9.59 Å². The van der Waals surface area contributed by atoms with E-state index in [2.05, 4.69) is 28.1 Å². The van der Waals surface area contributed by atoms with Gasteiger partial charge >= 0.3 is 5.97 Å². The number of carbonyl (C=O) groups is 3. The van der Waals surface area contributed by atoms with Gasteiger partial charge in [0.2, 0.25) is 5.91 Å². The fourth-order valence-electron chi connectivity index (χ4n) is 5.48. The molecule has 0 spiro atoms. The topological polar surface area (TPSA) is 144 Å². The number of thiophene rings is 1. The molecule has 3 aromatic rings. The van der Waals surface area contributed by atoms with Crippen molar-refractivity contribution in [2.75, 3.05) is 23.0 Å². The average molecular weight is 638 g/mol. The highest BCUT2D eigenvalue weighted by Crippen LogP contribution is 2.41. The van der Waals surface area contributed by atoms with E-state index < -0.39 is 17.8 Å². The summed E-state index contributed by atoms with van der Waals surface area (Å²) < 4.78 is 5.03. The van der Waals surface area contributed by atoms with Gasteiger partial charge in [0.05, 0.1) is 46.1 Å². The highest BCUT2D eigenvalue weighted by molar-refractivity contribution is 8.03. The summed E-state index contributed by atoms with van der Waals surface area (Å²) in [5.74, 6) is -1.81. The minimum absolute atomic E-state index is 0.00405. The number of esters is 1.